The molecule has 0 bridgehead atoms. The second-order valence-corrected chi connectivity index (χ2v) is 4.13. The highest BCUT2D eigenvalue weighted by molar-refractivity contribution is 5.48. The molecule has 0 heterocycles. The third-order valence-electron chi connectivity index (χ3n) is 2.56. The molecule has 0 spiro atoms. The number of unbranched alkanes of at least 4 members (excludes halogenated alkanes) is 8. The van der Waals surface area contributed by atoms with Crippen LogP contribution in [-0.2, 0) is 4.79 Å². The van der Waals surface area contributed by atoms with Crippen LogP contribution in [0.1, 0.15) is 71.1 Å². The molecule has 88 valence electrons. The lowest BCUT2D eigenvalue weighted by Crippen LogP contribution is -1.80. The molecule has 0 aromatic rings. The Morgan fingerprint density at radius 2 is 1.27 bits per heavy atom. The van der Waals surface area contributed by atoms with Crippen LogP contribution in [0.3, 0.4) is 0 Å². The number of carbonyl (C=O) groups excluding carboxylic acids is 1. The van der Waals surface area contributed by atoms with E-state index < -0.39 is 0 Å². The van der Waals surface area contributed by atoms with E-state index in [4.69, 9.17) is 0 Å². The van der Waals surface area contributed by atoms with Gasteiger partial charge in [-0.2, -0.15) is 0 Å². The Bertz CT molecular complexity index is 149. The van der Waals surface area contributed by atoms with Crippen molar-refractivity contribution in [1.29, 1.82) is 0 Å². The van der Waals surface area contributed by atoms with Crippen LogP contribution in [0.25, 0.3) is 0 Å². The molecule has 0 amide bonds. The summed E-state index contributed by atoms with van der Waals surface area (Å²) in [6.45, 7) is 2.21. The van der Waals surface area contributed by atoms with E-state index >= 15 is 0 Å². The predicted octanol–water partition coefficient (Wildman–Crippen LogP) is 4.66. The van der Waals surface area contributed by atoms with E-state index in [1.54, 1.807) is 0 Å². The molecule has 1 nitrogen and oxygen atoms in total. The normalized spacial score (nSPS) is 11.0. The summed E-state index contributed by atoms with van der Waals surface area (Å²) in [5.74, 6) is 0. The minimum Gasteiger partial charge on any atom is -0.303 e. The molecule has 0 unspecified atom stereocenters. The first-order valence-corrected chi connectivity index (χ1v) is 6.50. The molecule has 0 aliphatic rings. The lowest BCUT2D eigenvalue weighted by molar-refractivity contribution is -0.107. The molecule has 0 aliphatic carbocycles. The molecule has 0 N–H and O–H groups in total. The lowest BCUT2D eigenvalue weighted by Gasteiger charge is -1.98. The number of hydrogen-bond acceptors (Lipinski definition) is 1. The topological polar surface area (TPSA) is 17.1 Å². The average Bonchev–Trinajstić information content (AvgIpc) is 2.26. The van der Waals surface area contributed by atoms with Crippen LogP contribution in [-0.4, -0.2) is 6.29 Å². The standard InChI is InChI=1S/C14H26O/c1-2-3-4-5-6-7-8-9-10-11-12-13-14-15/h4-5,14H,2-3,6-13H2,1H3/b5-4+. The largest absolute Gasteiger partial charge is 0.303 e. The summed E-state index contributed by atoms with van der Waals surface area (Å²) in [6, 6.07) is 0. The molecule has 0 atom stereocenters. The maximum Gasteiger partial charge on any atom is 0.119 e. The number of aldehydes is 1. The molecule has 0 rings (SSSR count). The Morgan fingerprint density at radius 3 is 1.87 bits per heavy atom. The SMILES string of the molecule is CCC/C=C/CCCCCCCCC=O. The second-order valence-electron chi connectivity index (χ2n) is 4.13. The van der Waals surface area contributed by atoms with Gasteiger partial charge in [-0.3, -0.25) is 0 Å². The van der Waals surface area contributed by atoms with Crippen molar-refractivity contribution in [3.63, 3.8) is 0 Å². The van der Waals surface area contributed by atoms with E-state index in [1.165, 1.54) is 51.4 Å². The number of allylic oxidation sites excluding steroid dienone is 2. The van der Waals surface area contributed by atoms with Gasteiger partial charge < -0.3 is 4.79 Å². The summed E-state index contributed by atoms with van der Waals surface area (Å²) in [4.78, 5) is 10.1. The van der Waals surface area contributed by atoms with Crippen molar-refractivity contribution in [2.24, 2.45) is 0 Å². The first-order valence-electron chi connectivity index (χ1n) is 6.50. The number of rotatable bonds is 11. The van der Waals surface area contributed by atoms with Crippen LogP contribution in [0, 0.1) is 0 Å². The minimum absolute atomic E-state index is 0.750. The summed E-state index contributed by atoms with van der Waals surface area (Å²) in [6.07, 6.45) is 17.7. The quantitative estimate of drug-likeness (QED) is 0.275. The van der Waals surface area contributed by atoms with Gasteiger partial charge in [0.25, 0.3) is 0 Å². The zero-order valence-corrected chi connectivity index (χ0v) is 10.2. The van der Waals surface area contributed by atoms with E-state index in [0.29, 0.717) is 0 Å². The highest BCUT2D eigenvalue weighted by atomic mass is 16.1. The Kier molecular flexibility index (Phi) is 12.9. The van der Waals surface area contributed by atoms with Gasteiger partial charge in [-0.05, 0) is 25.7 Å². The number of hydrogen-bond donors (Lipinski definition) is 0. The van der Waals surface area contributed by atoms with Crippen LogP contribution >= 0.6 is 0 Å². The van der Waals surface area contributed by atoms with E-state index in [2.05, 4.69) is 19.1 Å². The fourth-order valence-corrected chi connectivity index (χ4v) is 1.60. The predicted molar refractivity (Wildman–Crippen MR) is 67.0 cm³/mol. The van der Waals surface area contributed by atoms with Crippen LogP contribution in [0.2, 0.25) is 0 Å². The molecule has 15 heavy (non-hydrogen) atoms. The fraction of sp³-hybridized carbons (Fsp3) is 0.786. The Morgan fingerprint density at radius 1 is 0.733 bits per heavy atom. The van der Waals surface area contributed by atoms with Crippen molar-refractivity contribution >= 4 is 6.29 Å². The van der Waals surface area contributed by atoms with Gasteiger partial charge in [0, 0.05) is 6.42 Å². The minimum atomic E-state index is 0.750. The Labute approximate surface area is 95.0 Å². The first kappa shape index (κ1) is 14.4. The van der Waals surface area contributed by atoms with Gasteiger partial charge in [0.15, 0.2) is 0 Å². The maximum absolute atomic E-state index is 10.1. The maximum atomic E-state index is 10.1. The average molecular weight is 210 g/mol. The fourth-order valence-electron chi connectivity index (χ4n) is 1.60. The molecule has 0 saturated carbocycles. The highest BCUT2D eigenvalue weighted by Gasteiger charge is 1.90. The van der Waals surface area contributed by atoms with Crippen LogP contribution in [0.15, 0.2) is 12.2 Å². The molecule has 0 aromatic carbocycles. The van der Waals surface area contributed by atoms with Crippen molar-refractivity contribution < 1.29 is 4.79 Å². The van der Waals surface area contributed by atoms with E-state index in [0.717, 1.165) is 19.1 Å². The third kappa shape index (κ3) is 13.4. The van der Waals surface area contributed by atoms with Crippen LogP contribution in [0.5, 0.6) is 0 Å². The molecule has 1 heteroatoms. The summed E-state index contributed by atoms with van der Waals surface area (Å²) < 4.78 is 0. The summed E-state index contributed by atoms with van der Waals surface area (Å²) in [5, 5.41) is 0. The van der Waals surface area contributed by atoms with Crippen LogP contribution in [0.4, 0.5) is 0 Å². The zero-order chi connectivity index (χ0) is 11.2. The lowest BCUT2D eigenvalue weighted by atomic mass is 10.1. The number of carbonyl (C=O) groups is 1. The van der Waals surface area contributed by atoms with Crippen molar-refractivity contribution in [2.45, 2.75) is 71.1 Å². The van der Waals surface area contributed by atoms with Crippen molar-refractivity contribution in [1.82, 2.24) is 0 Å². The molecule has 0 radical (unpaired) electrons. The molecular formula is C14H26O. The monoisotopic (exact) mass is 210 g/mol. The Balaban J connectivity index is 2.95. The van der Waals surface area contributed by atoms with Crippen LogP contribution < -0.4 is 0 Å². The van der Waals surface area contributed by atoms with Gasteiger partial charge in [-0.25, -0.2) is 0 Å². The van der Waals surface area contributed by atoms with Gasteiger partial charge >= 0.3 is 0 Å². The zero-order valence-electron chi connectivity index (χ0n) is 10.2. The Hall–Kier alpha value is -0.590. The van der Waals surface area contributed by atoms with Gasteiger partial charge in [0.1, 0.15) is 6.29 Å². The highest BCUT2D eigenvalue weighted by Crippen LogP contribution is 2.08. The van der Waals surface area contributed by atoms with Crippen molar-refractivity contribution in [3.05, 3.63) is 12.2 Å². The van der Waals surface area contributed by atoms with E-state index in [9.17, 15) is 4.79 Å². The molecule has 0 saturated heterocycles. The van der Waals surface area contributed by atoms with Gasteiger partial charge in [0.2, 0.25) is 0 Å². The van der Waals surface area contributed by atoms with Crippen molar-refractivity contribution in [3.8, 4) is 0 Å². The van der Waals surface area contributed by atoms with Crippen molar-refractivity contribution in [2.75, 3.05) is 0 Å². The smallest absolute Gasteiger partial charge is 0.119 e. The molecule has 0 aliphatic heterocycles. The summed E-state index contributed by atoms with van der Waals surface area (Å²) >= 11 is 0. The summed E-state index contributed by atoms with van der Waals surface area (Å²) in [5.41, 5.74) is 0. The molecule has 0 aromatic heterocycles. The molecular weight excluding hydrogens is 184 g/mol. The van der Waals surface area contributed by atoms with E-state index in [-0.39, 0.29) is 0 Å². The summed E-state index contributed by atoms with van der Waals surface area (Å²) in [7, 11) is 0. The van der Waals surface area contributed by atoms with E-state index in [1.807, 2.05) is 0 Å². The third-order valence-corrected chi connectivity index (χ3v) is 2.56. The molecule has 0 fully saturated rings. The van der Waals surface area contributed by atoms with Gasteiger partial charge in [-0.1, -0.05) is 51.2 Å². The first-order chi connectivity index (χ1) is 7.41. The van der Waals surface area contributed by atoms with Gasteiger partial charge in [0.05, 0.1) is 0 Å². The van der Waals surface area contributed by atoms with Gasteiger partial charge in [-0.15, -0.1) is 0 Å². The second kappa shape index (κ2) is 13.4.